The van der Waals surface area contributed by atoms with Crippen molar-refractivity contribution in [2.75, 3.05) is 0 Å². The van der Waals surface area contributed by atoms with E-state index in [0.29, 0.717) is 24.7 Å². The van der Waals surface area contributed by atoms with Crippen LogP contribution >= 0.6 is 0 Å². The van der Waals surface area contributed by atoms with E-state index in [0.717, 1.165) is 44.0 Å². The van der Waals surface area contributed by atoms with Crippen LogP contribution in [0.5, 0.6) is 11.5 Å². The van der Waals surface area contributed by atoms with Crippen LogP contribution in [0.2, 0.25) is 0 Å². The molecule has 5 aromatic carbocycles. The average molecular weight is 416 g/mol. The standard InChI is InChI=1S/C28H20N2O2/c1-3-9-19(10-4-1)17-31-24-16-22-15-21-13-7-8-14-23(21)26-25(22)27(30-29-26)28(24)32-18-20-11-5-2-6-12-20/h1-16H,17-18H2. The minimum atomic E-state index is 0.430. The molecular weight excluding hydrogens is 396 g/mol. The summed E-state index contributed by atoms with van der Waals surface area (Å²) in [5, 5.41) is 13.4. The molecule has 1 aliphatic rings. The van der Waals surface area contributed by atoms with Crippen molar-refractivity contribution in [1.29, 1.82) is 0 Å². The Balaban J connectivity index is 1.47. The third kappa shape index (κ3) is 3.26. The highest BCUT2D eigenvalue weighted by molar-refractivity contribution is 6.16. The van der Waals surface area contributed by atoms with Crippen molar-refractivity contribution >= 4 is 32.9 Å². The Labute approximate surface area is 185 Å². The second-order valence-corrected chi connectivity index (χ2v) is 7.85. The molecule has 5 aromatic rings. The molecule has 0 saturated heterocycles. The zero-order valence-electron chi connectivity index (χ0n) is 17.4. The number of hydrogen-bond acceptors (Lipinski definition) is 4. The van der Waals surface area contributed by atoms with Gasteiger partial charge in [0.1, 0.15) is 24.6 Å². The van der Waals surface area contributed by atoms with E-state index in [4.69, 9.17) is 9.47 Å². The maximum absolute atomic E-state index is 6.31. The molecule has 0 fully saturated rings. The van der Waals surface area contributed by atoms with E-state index < -0.39 is 0 Å². The van der Waals surface area contributed by atoms with Crippen LogP contribution in [0.15, 0.2) is 107 Å². The van der Waals surface area contributed by atoms with Gasteiger partial charge in [-0.3, -0.25) is 0 Å². The Kier molecular flexibility index (Phi) is 4.54. The van der Waals surface area contributed by atoms with Crippen molar-refractivity contribution in [3.8, 4) is 11.5 Å². The molecule has 0 bridgehead atoms. The zero-order valence-corrected chi connectivity index (χ0v) is 17.4. The molecule has 154 valence electrons. The fourth-order valence-electron chi connectivity index (χ4n) is 4.16. The first-order valence-electron chi connectivity index (χ1n) is 10.6. The molecule has 0 spiro atoms. The molecule has 1 aliphatic heterocycles. The lowest BCUT2D eigenvalue weighted by Gasteiger charge is -2.16. The second-order valence-electron chi connectivity index (χ2n) is 7.85. The van der Waals surface area contributed by atoms with E-state index in [-0.39, 0.29) is 0 Å². The van der Waals surface area contributed by atoms with Crippen LogP contribution in [0, 0.1) is 0 Å². The fraction of sp³-hybridized carbons (Fsp3) is 0.0714. The summed E-state index contributed by atoms with van der Waals surface area (Å²) >= 11 is 0. The maximum atomic E-state index is 6.31. The van der Waals surface area contributed by atoms with Crippen molar-refractivity contribution in [3.05, 3.63) is 108 Å². The van der Waals surface area contributed by atoms with Gasteiger partial charge in [-0.25, -0.2) is 0 Å². The minimum absolute atomic E-state index is 0.430. The van der Waals surface area contributed by atoms with Gasteiger partial charge in [-0.2, -0.15) is 0 Å². The van der Waals surface area contributed by atoms with E-state index in [1.165, 1.54) is 0 Å². The number of hydrogen-bond donors (Lipinski definition) is 0. The van der Waals surface area contributed by atoms with E-state index >= 15 is 0 Å². The fourth-order valence-corrected chi connectivity index (χ4v) is 4.16. The van der Waals surface area contributed by atoms with Gasteiger partial charge in [0.05, 0.1) is 0 Å². The van der Waals surface area contributed by atoms with E-state index in [1.54, 1.807) is 0 Å². The minimum Gasteiger partial charge on any atom is -0.485 e. The lowest BCUT2D eigenvalue weighted by Crippen LogP contribution is -2.01. The highest BCUT2D eigenvalue weighted by Crippen LogP contribution is 2.53. The molecule has 0 aliphatic carbocycles. The Morgan fingerprint density at radius 1 is 0.562 bits per heavy atom. The molecular formula is C28H20N2O2. The van der Waals surface area contributed by atoms with Gasteiger partial charge < -0.3 is 9.47 Å². The van der Waals surface area contributed by atoms with Crippen LogP contribution in [0.1, 0.15) is 11.1 Å². The van der Waals surface area contributed by atoms with Crippen molar-refractivity contribution in [1.82, 2.24) is 0 Å². The summed E-state index contributed by atoms with van der Waals surface area (Å²) in [6.07, 6.45) is 0. The number of nitrogens with zero attached hydrogens (tertiary/aromatic N) is 2. The summed E-state index contributed by atoms with van der Waals surface area (Å²) in [6.45, 7) is 0.880. The number of rotatable bonds is 6. The monoisotopic (exact) mass is 416 g/mol. The summed E-state index contributed by atoms with van der Waals surface area (Å²) in [6, 6.07) is 32.7. The van der Waals surface area contributed by atoms with Gasteiger partial charge in [0, 0.05) is 10.8 Å². The van der Waals surface area contributed by atoms with Gasteiger partial charge in [0.25, 0.3) is 0 Å². The lowest BCUT2D eigenvalue weighted by molar-refractivity contribution is 0.257. The van der Waals surface area contributed by atoms with Crippen molar-refractivity contribution in [2.24, 2.45) is 10.2 Å². The van der Waals surface area contributed by atoms with Gasteiger partial charge in [0.15, 0.2) is 11.5 Å². The molecule has 6 rings (SSSR count). The van der Waals surface area contributed by atoms with Crippen LogP contribution in [0.4, 0.5) is 11.4 Å². The van der Waals surface area contributed by atoms with E-state index in [2.05, 4.69) is 46.6 Å². The van der Waals surface area contributed by atoms with Gasteiger partial charge in [-0.05, 0) is 34.0 Å². The van der Waals surface area contributed by atoms with Crippen LogP contribution in [-0.2, 0) is 13.2 Å². The molecule has 4 nitrogen and oxygen atoms in total. The summed E-state index contributed by atoms with van der Waals surface area (Å²) in [4.78, 5) is 0. The Hall–Kier alpha value is -4.18. The molecule has 0 saturated carbocycles. The number of ether oxygens (including phenoxy) is 2. The Morgan fingerprint density at radius 3 is 1.94 bits per heavy atom. The molecule has 0 amide bonds. The first-order valence-corrected chi connectivity index (χ1v) is 10.6. The lowest BCUT2D eigenvalue weighted by atomic mass is 10.00. The van der Waals surface area contributed by atoms with Gasteiger partial charge >= 0.3 is 0 Å². The molecule has 1 heterocycles. The van der Waals surface area contributed by atoms with Crippen LogP contribution < -0.4 is 9.47 Å². The summed E-state index contributed by atoms with van der Waals surface area (Å²) in [5.41, 5.74) is 3.82. The number of azo groups is 1. The smallest absolute Gasteiger partial charge is 0.189 e. The molecule has 0 unspecified atom stereocenters. The van der Waals surface area contributed by atoms with Crippen LogP contribution in [-0.4, -0.2) is 0 Å². The highest BCUT2D eigenvalue weighted by atomic mass is 16.5. The topological polar surface area (TPSA) is 43.2 Å². The third-order valence-electron chi connectivity index (χ3n) is 5.73. The van der Waals surface area contributed by atoms with Gasteiger partial charge in [0.2, 0.25) is 0 Å². The van der Waals surface area contributed by atoms with Crippen LogP contribution in [0.25, 0.3) is 21.5 Å². The molecule has 0 atom stereocenters. The van der Waals surface area contributed by atoms with Gasteiger partial charge in [-0.1, -0.05) is 84.9 Å². The summed E-state index contributed by atoms with van der Waals surface area (Å²) in [7, 11) is 0. The number of benzene rings is 5. The third-order valence-corrected chi connectivity index (χ3v) is 5.73. The molecule has 0 radical (unpaired) electrons. The van der Waals surface area contributed by atoms with Crippen molar-refractivity contribution in [3.63, 3.8) is 0 Å². The van der Waals surface area contributed by atoms with Gasteiger partial charge in [-0.15, -0.1) is 10.2 Å². The quantitative estimate of drug-likeness (QED) is 0.259. The van der Waals surface area contributed by atoms with Crippen molar-refractivity contribution in [2.45, 2.75) is 13.2 Å². The first-order chi connectivity index (χ1) is 15.9. The summed E-state index contributed by atoms with van der Waals surface area (Å²) in [5.74, 6) is 1.31. The Bertz CT molecular complexity index is 1460. The summed E-state index contributed by atoms with van der Waals surface area (Å²) < 4.78 is 12.6. The highest BCUT2D eigenvalue weighted by Gasteiger charge is 2.24. The van der Waals surface area contributed by atoms with E-state index in [9.17, 15) is 0 Å². The molecule has 0 N–H and O–H groups in total. The molecule has 32 heavy (non-hydrogen) atoms. The predicted octanol–water partition coefficient (Wildman–Crippen LogP) is 7.88. The van der Waals surface area contributed by atoms with Crippen molar-refractivity contribution < 1.29 is 9.47 Å². The second kappa shape index (κ2) is 7.82. The molecule has 0 aromatic heterocycles. The first kappa shape index (κ1) is 18.6. The average Bonchev–Trinajstić information content (AvgIpc) is 3.30. The molecule has 4 heteroatoms. The predicted molar refractivity (Wildman–Crippen MR) is 127 cm³/mol. The Morgan fingerprint density at radius 2 is 1.19 bits per heavy atom. The van der Waals surface area contributed by atoms with E-state index in [1.807, 2.05) is 60.7 Å². The SMILES string of the molecule is c1ccc(COc2cc3cc4ccccc4c4c3c(c2OCc2ccccc2)N=N4)cc1. The maximum Gasteiger partial charge on any atom is 0.189 e. The van der Waals surface area contributed by atoms with Crippen LogP contribution in [0.3, 0.4) is 0 Å². The largest absolute Gasteiger partial charge is 0.485 e. The number of fused-ring (bicyclic) bond motifs is 2. The normalized spacial score (nSPS) is 11.9. The zero-order chi connectivity index (χ0) is 21.3.